The molecule has 0 aliphatic carbocycles. The molecule has 0 bridgehead atoms. The summed E-state index contributed by atoms with van der Waals surface area (Å²) in [6.07, 6.45) is 0. The van der Waals surface area contributed by atoms with Crippen molar-refractivity contribution in [2.45, 2.75) is 6.92 Å². The second kappa shape index (κ2) is 15.0. The third kappa shape index (κ3) is 7.22. The minimum atomic E-state index is 1.02. The van der Waals surface area contributed by atoms with Crippen LogP contribution in [0.2, 0.25) is 0 Å². The maximum absolute atomic E-state index is 3.63. The summed E-state index contributed by atoms with van der Waals surface area (Å²) in [6.45, 7) is 2.11. The van der Waals surface area contributed by atoms with Gasteiger partial charge in [0, 0.05) is 56.9 Å². The Bertz CT molecular complexity index is 2630. The van der Waals surface area contributed by atoms with Gasteiger partial charge in [-0.1, -0.05) is 96.6 Å². The molecule has 4 heteroatoms. The van der Waals surface area contributed by atoms with Crippen molar-refractivity contribution in [3.05, 3.63) is 218 Å². The molecule has 0 saturated heterocycles. The molecule has 0 unspecified atom stereocenters. The van der Waals surface area contributed by atoms with Gasteiger partial charge in [0.2, 0.25) is 0 Å². The normalized spacial score (nSPS) is 11.0. The largest absolute Gasteiger partial charge is 0.356 e. The number of benzene rings is 9. The molecule has 0 aliphatic heterocycles. The Kier molecular flexibility index (Phi) is 9.13. The summed E-state index contributed by atoms with van der Waals surface area (Å²) in [7, 11) is 0. The third-order valence-corrected chi connectivity index (χ3v) is 10.0. The van der Waals surface area contributed by atoms with Gasteiger partial charge >= 0.3 is 0 Å². The van der Waals surface area contributed by atoms with Crippen molar-refractivity contribution in [3.8, 4) is 0 Å². The van der Waals surface area contributed by atoms with Gasteiger partial charge in [0.25, 0.3) is 0 Å². The number of rotatable bonds is 10. The van der Waals surface area contributed by atoms with Gasteiger partial charge in [-0.3, -0.25) is 0 Å². The van der Waals surface area contributed by atoms with Crippen molar-refractivity contribution in [1.29, 1.82) is 0 Å². The van der Waals surface area contributed by atoms with E-state index in [1.54, 1.807) is 0 Å². The number of nitrogens with one attached hydrogen (secondary N) is 2. The summed E-state index contributed by atoms with van der Waals surface area (Å²) in [5.74, 6) is 0. The predicted molar refractivity (Wildman–Crippen MR) is 235 cm³/mol. The van der Waals surface area contributed by atoms with E-state index in [9.17, 15) is 0 Å². The smallest absolute Gasteiger partial charge is 0.0468 e. The maximum atomic E-state index is 3.63. The van der Waals surface area contributed by atoms with Crippen LogP contribution in [0.5, 0.6) is 0 Å². The number of anilines is 10. The van der Waals surface area contributed by atoms with Crippen LogP contribution in [0.15, 0.2) is 212 Å². The highest BCUT2D eigenvalue weighted by Gasteiger charge is 2.15. The summed E-state index contributed by atoms with van der Waals surface area (Å²) in [6, 6.07) is 75.2. The second-order valence-corrected chi connectivity index (χ2v) is 13.8. The molecule has 0 amide bonds. The Morgan fingerprint density at radius 3 is 1.16 bits per heavy atom. The number of para-hydroxylation sites is 2. The van der Waals surface area contributed by atoms with Crippen LogP contribution in [0.3, 0.4) is 0 Å². The standard InChI is InChI=1S/C51H40N4/c1-37-16-20-40(21-17-37)52-41-24-30-47(31-25-41)55(49-34-35-51-39(36-49)19-18-38-10-8-9-15-50(38)51)48-32-26-43(27-33-48)53-42-22-28-46(29-23-42)54(44-11-4-2-5-12-44)45-13-6-3-7-14-45/h2-36,52-53H,1H3. The van der Waals surface area contributed by atoms with Gasteiger partial charge in [-0.25, -0.2) is 0 Å². The lowest BCUT2D eigenvalue weighted by atomic mass is 10.0. The zero-order valence-electron chi connectivity index (χ0n) is 30.6. The van der Waals surface area contributed by atoms with Crippen LogP contribution >= 0.6 is 0 Å². The second-order valence-electron chi connectivity index (χ2n) is 13.8. The highest BCUT2D eigenvalue weighted by Crippen LogP contribution is 2.39. The van der Waals surface area contributed by atoms with E-state index in [0.29, 0.717) is 0 Å². The van der Waals surface area contributed by atoms with Crippen molar-refractivity contribution in [2.24, 2.45) is 0 Å². The molecule has 2 N–H and O–H groups in total. The summed E-state index contributed by atoms with van der Waals surface area (Å²) in [4.78, 5) is 4.60. The van der Waals surface area contributed by atoms with Gasteiger partial charge in [-0.2, -0.15) is 0 Å². The average molecular weight is 709 g/mol. The molecule has 0 radical (unpaired) electrons. The Hall–Kier alpha value is -7.30. The van der Waals surface area contributed by atoms with Gasteiger partial charge in [0.05, 0.1) is 0 Å². The predicted octanol–water partition coefficient (Wildman–Crippen LogP) is 14.7. The van der Waals surface area contributed by atoms with Crippen molar-refractivity contribution in [3.63, 3.8) is 0 Å². The fourth-order valence-corrected chi connectivity index (χ4v) is 7.24. The molecule has 9 aromatic carbocycles. The minimum absolute atomic E-state index is 1.02. The Morgan fingerprint density at radius 2 is 0.655 bits per heavy atom. The Morgan fingerprint density at radius 1 is 0.291 bits per heavy atom. The Balaban J connectivity index is 1.01. The molecule has 0 spiro atoms. The van der Waals surface area contributed by atoms with E-state index in [0.717, 1.165) is 56.9 Å². The van der Waals surface area contributed by atoms with Crippen LogP contribution in [-0.4, -0.2) is 0 Å². The number of fused-ring (bicyclic) bond motifs is 3. The van der Waals surface area contributed by atoms with Crippen LogP contribution < -0.4 is 20.4 Å². The summed E-state index contributed by atoms with van der Waals surface area (Å²) in [5.41, 5.74) is 12.0. The Labute approximate surface area is 322 Å². The van der Waals surface area contributed by atoms with Crippen LogP contribution in [0.4, 0.5) is 56.9 Å². The first-order valence-corrected chi connectivity index (χ1v) is 18.7. The van der Waals surface area contributed by atoms with Gasteiger partial charge < -0.3 is 20.4 Å². The van der Waals surface area contributed by atoms with Crippen LogP contribution in [0.25, 0.3) is 21.5 Å². The highest BCUT2D eigenvalue weighted by atomic mass is 15.1. The molecule has 0 fully saturated rings. The zero-order valence-corrected chi connectivity index (χ0v) is 30.6. The topological polar surface area (TPSA) is 30.5 Å². The SMILES string of the molecule is Cc1ccc(Nc2ccc(N(c3ccc(Nc4ccc(N(c5ccccc5)c5ccccc5)cc4)cc3)c3ccc4c(ccc5ccccc54)c3)cc2)cc1. The van der Waals surface area contributed by atoms with Crippen LogP contribution in [-0.2, 0) is 0 Å². The first-order chi connectivity index (χ1) is 27.1. The van der Waals surface area contributed by atoms with E-state index in [4.69, 9.17) is 0 Å². The van der Waals surface area contributed by atoms with E-state index >= 15 is 0 Å². The number of hydrogen-bond acceptors (Lipinski definition) is 4. The number of aryl methyl sites for hydroxylation is 1. The summed E-state index contributed by atoms with van der Waals surface area (Å²) in [5, 5.41) is 12.1. The number of hydrogen-bond donors (Lipinski definition) is 2. The quantitative estimate of drug-likeness (QED) is 0.139. The molecule has 264 valence electrons. The van der Waals surface area contributed by atoms with Gasteiger partial charge in [-0.05, 0) is 150 Å². The monoisotopic (exact) mass is 708 g/mol. The molecule has 0 atom stereocenters. The summed E-state index contributed by atoms with van der Waals surface area (Å²) < 4.78 is 0. The third-order valence-electron chi connectivity index (χ3n) is 10.0. The van der Waals surface area contributed by atoms with E-state index in [1.165, 1.54) is 27.1 Å². The van der Waals surface area contributed by atoms with Gasteiger partial charge in [-0.15, -0.1) is 0 Å². The average Bonchev–Trinajstić information content (AvgIpc) is 3.24. The molecule has 0 aliphatic rings. The molecule has 0 aromatic heterocycles. The molecule has 9 aromatic rings. The molecule has 55 heavy (non-hydrogen) atoms. The van der Waals surface area contributed by atoms with Gasteiger partial charge in [0.1, 0.15) is 0 Å². The van der Waals surface area contributed by atoms with Crippen molar-refractivity contribution < 1.29 is 0 Å². The molecule has 0 heterocycles. The lowest BCUT2D eigenvalue weighted by molar-refractivity contribution is 1.28. The molecular weight excluding hydrogens is 669 g/mol. The van der Waals surface area contributed by atoms with E-state index < -0.39 is 0 Å². The first-order valence-electron chi connectivity index (χ1n) is 18.7. The molecule has 4 nitrogen and oxygen atoms in total. The van der Waals surface area contributed by atoms with E-state index in [-0.39, 0.29) is 0 Å². The van der Waals surface area contributed by atoms with E-state index in [2.05, 4.69) is 240 Å². The molecule has 0 saturated carbocycles. The summed E-state index contributed by atoms with van der Waals surface area (Å²) >= 11 is 0. The molecule has 9 rings (SSSR count). The van der Waals surface area contributed by atoms with Crippen molar-refractivity contribution in [1.82, 2.24) is 0 Å². The van der Waals surface area contributed by atoms with Crippen molar-refractivity contribution >= 4 is 78.4 Å². The maximum Gasteiger partial charge on any atom is 0.0468 e. The number of nitrogens with zero attached hydrogens (tertiary/aromatic N) is 2. The fraction of sp³-hybridized carbons (Fsp3) is 0.0196. The first kappa shape index (κ1) is 33.5. The zero-order chi connectivity index (χ0) is 37.0. The van der Waals surface area contributed by atoms with Crippen LogP contribution in [0, 0.1) is 6.92 Å². The van der Waals surface area contributed by atoms with Crippen molar-refractivity contribution in [2.75, 3.05) is 20.4 Å². The highest BCUT2D eigenvalue weighted by molar-refractivity contribution is 6.08. The van der Waals surface area contributed by atoms with Crippen LogP contribution in [0.1, 0.15) is 5.56 Å². The lowest BCUT2D eigenvalue weighted by Crippen LogP contribution is -2.10. The molecular formula is C51H40N4. The fourth-order valence-electron chi connectivity index (χ4n) is 7.24. The van der Waals surface area contributed by atoms with Gasteiger partial charge in [0.15, 0.2) is 0 Å². The van der Waals surface area contributed by atoms with E-state index in [1.807, 2.05) is 0 Å². The lowest BCUT2D eigenvalue weighted by Gasteiger charge is -2.26. The minimum Gasteiger partial charge on any atom is -0.356 e.